The van der Waals surface area contributed by atoms with Crippen LogP contribution in [0.25, 0.3) is 22.0 Å². The summed E-state index contributed by atoms with van der Waals surface area (Å²) in [5.74, 6) is 2.27. The number of benzene rings is 1. The Bertz CT molecular complexity index is 704. The van der Waals surface area contributed by atoms with E-state index in [0.29, 0.717) is 0 Å². The molecule has 3 aromatic rings. The van der Waals surface area contributed by atoms with Gasteiger partial charge in [-0.15, -0.1) is 11.3 Å². The highest BCUT2D eigenvalue weighted by atomic mass is 32.1. The molecule has 0 atom stereocenters. The van der Waals surface area contributed by atoms with Crippen LogP contribution < -0.4 is 9.47 Å². The van der Waals surface area contributed by atoms with E-state index in [1.165, 1.54) is 11.3 Å². The number of thiazole rings is 1. The Kier molecular flexibility index (Phi) is 3.43. The molecule has 102 valence electrons. The average Bonchev–Trinajstić information content (AvgIpc) is 3.17. The molecule has 3 rings (SSSR count). The van der Waals surface area contributed by atoms with Crippen LogP contribution in [0.15, 0.2) is 46.4 Å². The summed E-state index contributed by atoms with van der Waals surface area (Å²) in [6.45, 7) is 0. The van der Waals surface area contributed by atoms with Crippen LogP contribution in [0.4, 0.5) is 0 Å². The molecule has 4 nitrogen and oxygen atoms in total. The van der Waals surface area contributed by atoms with Gasteiger partial charge in [0.1, 0.15) is 11.5 Å². The van der Waals surface area contributed by atoms with E-state index >= 15 is 0 Å². The first kappa shape index (κ1) is 12.7. The molecule has 2 aromatic heterocycles. The molecule has 0 saturated heterocycles. The van der Waals surface area contributed by atoms with Crippen LogP contribution in [-0.4, -0.2) is 19.2 Å². The summed E-state index contributed by atoms with van der Waals surface area (Å²) in [4.78, 5) is 4.59. The van der Waals surface area contributed by atoms with Crippen LogP contribution in [0, 0.1) is 0 Å². The van der Waals surface area contributed by atoms with Crippen molar-refractivity contribution in [3.8, 4) is 33.5 Å². The molecule has 0 saturated carbocycles. The van der Waals surface area contributed by atoms with Gasteiger partial charge in [0.15, 0.2) is 10.8 Å². The van der Waals surface area contributed by atoms with Crippen LogP contribution >= 0.6 is 11.3 Å². The van der Waals surface area contributed by atoms with E-state index in [9.17, 15) is 0 Å². The maximum Gasteiger partial charge on any atom is 0.162 e. The smallest absolute Gasteiger partial charge is 0.162 e. The van der Waals surface area contributed by atoms with E-state index in [2.05, 4.69) is 4.98 Å². The molecule has 1 aromatic carbocycles. The zero-order valence-electron chi connectivity index (χ0n) is 11.1. The molecular weight excluding hydrogens is 274 g/mol. The molecule has 0 aliphatic carbocycles. The summed E-state index contributed by atoms with van der Waals surface area (Å²) in [6.07, 6.45) is 1.64. The van der Waals surface area contributed by atoms with Gasteiger partial charge in [0.05, 0.1) is 26.2 Å². The van der Waals surface area contributed by atoms with E-state index in [4.69, 9.17) is 13.9 Å². The van der Waals surface area contributed by atoms with Crippen LogP contribution in [0.5, 0.6) is 11.5 Å². The van der Waals surface area contributed by atoms with Gasteiger partial charge in [0.25, 0.3) is 0 Å². The first-order valence-electron chi connectivity index (χ1n) is 6.03. The van der Waals surface area contributed by atoms with Gasteiger partial charge in [-0.1, -0.05) is 0 Å². The zero-order valence-corrected chi connectivity index (χ0v) is 11.9. The third kappa shape index (κ3) is 2.28. The normalized spacial score (nSPS) is 10.5. The second-order valence-electron chi connectivity index (χ2n) is 4.08. The largest absolute Gasteiger partial charge is 0.497 e. The lowest BCUT2D eigenvalue weighted by Gasteiger charge is -2.08. The molecule has 0 fully saturated rings. The summed E-state index contributed by atoms with van der Waals surface area (Å²) in [5, 5.41) is 2.84. The van der Waals surface area contributed by atoms with Crippen molar-refractivity contribution in [1.29, 1.82) is 0 Å². The van der Waals surface area contributed by atoms with Crippen LogP contribution in [0.1, 0.15) is 0 Å². The van der Waals surface area contributed by atoms with Crippen molar-refractivity contribution < 1.29 is 13.9 Å². The highest BCUT2D eigenvalue weighted by Crippen LogP contribution is 2.35. The Labute approximate surface area is 120 Å². The number of nitrogens with zero attached hydrogens (tertiary/aromatic N) is 1. The third-order valence-corrected chi connectivity index (χ3v) is 3.78. The topological polar surface area (TPSA) is 44.5 Å². The molecule has 0 amide bonds. The Morgan fingerprint density at radius 3 is 2.75 bits per heavy atom. The minimum Gasteiger partial charge on any atom is -0.497 e. The fourth-order valence-electron chi connectivity index (χ4n) is 1.92. The molecule has 0 bridgehead atoms. The SMILES string of the molecule is COc1ccc(-c2csc(-c3ccco3)n2)c(OC)c1. The van der Waals surface area contributed by atoms with E-state index in [1.807, 2.05) is 35.7 Å². The van der Waals surface area contributed by atoms with Gasteiger partial charge in [-0.3, -0.25) is 0 Å². The predicted molar refractivity (Wildman–Crippen MR) is 78.4 cm³/mol. The lowest BCUT2D eigenvalue weighted by molar-refractivity contribution is 0.395. The fourth-order valence-corrected chi connectivity index (χ4v) is 2.71. The number of ether oxygens (including phenoxy) is 2. The van der Waals surface area contributed by atoms with E-state index in [-0.39, 0.29) is 0 Å². The minimum absolute atomic E-state index is 0.737. The molecule has 0 N–H and O–H groups in total. The highest BCUT2D eigenvalue weighted by Gasteiger charge is 2.13. The monoisotopic (exact) mass is 287 g/mol. The van der Waals surface area contributed by atoms with Gasteiger partial charge in [-0.05, 0) is 24.3 Å². The lowest BCUT2D eigenvalue weighted by atomic mass is 10.1. The first-order valence-corrected chi connectivity index (χ1v) is 6.91. The molecule has 0 aliphatic heterocycles. The van der Waals surface area contributed by atoms with Gasteiger partial charge in [0.2, 0.25) is 0 Å². The molecule has 0 radical (unpaired) electrons. The van der Waals surface area contributed by atoms with Crippen molar-refractivity contribution in [2.24, 2.45) is 0 Å². The molecule has 0 aliphatic rings. The Balaban J connectivity index is 2.01. The average molecular weight is 287 g/mol. The van der Waals surface area contributed by atoms with Crippen LogP contribution in [0.2, 0.25) is 0 Å². The van der Waals surface area contributed by atoms with Crippen LogP contribution in [-0.2, 0) is 0 Å². The van der Waals surface area contributed by atoms with Crippen molar-refractivity contribution in [2.45, 2.75) is 0 Å². The summed E-state index contributed by atoms with van der Waals surface area (Å²) in [7, 11) is 3.27. The van der Waals surface area contributed by atoms with Gasteiger partial charge in [0, 0.05) is 17.0 Å². The van der Waals surface area contributed by atoms with Gasteiger partial charge < -0.3 is 13.9 Å². The second kappa shape index (κ2) is 5.38. The Morgan fingerprint density at radius 2 is 2.05 bits per heavy atom. The number of furan rings is 1. The number of hydrogen-bond acceptors (Lipinski definition) is 5. The molecule has 5 heteroatoms. The first-order chi connectivity index (χ1) is 9.81. The number of aromatic nitrogens is 1. The summed E-state index contributed by atoms with van der Waals surface area (Å²) < 4.78 is 16.0. The van der Waals surface area contributed by atoms with Gasteiger partial charge in [-0.25, -0.2) is 4.98 Å². The molecule has 20 heavy (non-hydrogen) atoms. The molecule has 2 heterocycles. The third-order valence-electron chi connectivity index (χ3n) is 2.92. The lowest BCUT2D eigenvalue weighted by Crippen LogP contribution is -1.90. The van der Waals surface area contributed by atoms with Gasteiger partial charge >= 0.3 is 0 Å². The maximum atomic E-state index is 5.40. The fraction of sp³-hybridized carbons (Fsp3) is 0.133. The zero-order chi connectivity index (χ0) is 13.9. The Hall–Kier alpha value is -2.27. The minimum atomic E-state index is 0.737. The maximum absolute atomic E-state index is 5.40. The predicted octanol–water partition coefficient (Wildman–Crippen LogP) is 4.09. The van der Waals surface area contributed by atoms with Crippen molar-refractivity contribution >= 4 is 11.3 Å². The quantitative estimate of drug-likeness (QED) is 0.725. The molecule has 0 unspecified atom stereocenters. The van der Waals surface area contributed by atoms with E-state index < -0.39 is 0 Å². The number of rotatable bonds is 4. The van der Waals surface area contributed by atoms with Crippen molar-refractivity contribution in [2.75, 3.05) is 14.2 Å². The summed E-state index contributed by atoms with van der Waals surface area (Å²) in [5.41, 5.74) is 1.79. The van der Waals surface area contributed by atoms with Crippen molar-refractivity contribution in [1.82, 2.24) is 4.98 Å². The summed E-state index contributed by atoms with van der Waals surface area (Å²) in [6, 6.07) is 9.43. The number of hydrogen-bond donors (Lipinski definition) is 0. The second-order valence-corrected chi connectivity index (χ2v) is 4.94. The molecular formula is C15H13NO3S. The van der Waals surface area contributed by atoms with E-state index in [0.717, 1.165) is 33.5 Å². The summed E-state index contributed by atoms with van der Waals surface area (Å²) >= 11 is 1.54. The standard InChI is InChI=1S/C15H13NO3S/c1-17-10-5-6-11(14(8-10)18-2)12-9-20-15(16-12)13-4-3-7-19-13/h3-9H,1-2H3. The van der Waals surface area contributed by atoms with Crippen LogP contribution in [0.3, 0.4) is 0 Å². The highest BCUT2D eigenvalue weighted by molar-refractivity contribution is 7.13. The van der Waals surface area contributed by atoms with Crippen molar-refractivity contribution in [3.05, 3.63) is 42.0 Å². The Morgan fingerprint density at radius 1 is 1.15 bits per heavy atom. The van der Waals surface area contributed by atoms with E-state index in [1.54, 1.807) is 20.5 Å². The molecule has 0 spiro atoms. The van der Waals surface area contributed by atoms with Crippen molar-refractivity contribution in [3.63, 3.8) is 0 Å². The van der Waals surface area contributed by atoms with Gasteiger partial charge in [-0.2, -0.15) is 0 Å². The number of methoxy groups -OCH3 is 2.